The predicted molar refractivity (Wildman–Crippen MR) is 90.6 cm³/mol. The molecule has 1 unspecified atom stereocenters. The molecule has 110 valence electrons. The average Bonchev–Trinajstić information content (AvgIpc) is 2.37. The third-order valence-electron chi connectivity index (χ3n) is 3.13. The van der Waals surface area contributed by atoms with Crippen LogP contribution in [-0.4, -0.2) is 43.1 Å². The van der Waals surface area contributed by atoms with Gasteiger partial charge in [0, 0.05) is 35.6 Å². The first-order chi connectivity index (χ1) is 9.30. The highest BCUT2D eigenvalue weighted by Gasteiger charge is 2.31. The summed E-state index contributed by atoms with van der Waals surface area (Å²) in [5.74, 6) is 1.45. The van der Waals surface area contributed by atoms with Gasteiger partial charge in [-0.2, -0.15) is 11.8 Å². The van der Waals surface area contributed by atoms with Gasteiger partial charge < -0.3 is 10.6 Å². The Kier molecular flexibility index (Phi) is 4.84. The monoisotopic (exact) mass is 350 g/mol. The second kappa shape index (κ2) is 6.09. The highest BCUT2D eigenvalue weighted by molar-refractivity contribution is 8.01. The van der Waals surface area contributed by atoms with Crippen molar-refractivity contribution >= 4 is 56.1 Å². The van der Waals surface area contributed by atoms with E-state index < -0.39 is 15.2 Å². The van der Waals surface area contributed by atoms with Gasteiger partial charge in [0.25, 0.3) is 0 Å². The van der Waals surface area contributed by atoms with Gasteiger partial charge in [-0.3, -0.25) is 0 Å². The number of rotatable bonds is 3. The molecule has 1 aliphatic rings. The lowest BCUT2D eigenvalue weighted by atomic mass is 10.2. The molecule has 0 aromatic heterocycles. The maximum absolute atomic E-state index is 11.9. The second-order valence-corrected chi connectivity index (χ2v) is 8.78. The van der Waals surface area contributed by atoms with Crippen molar-refractivity contribution in [3.05, 3.63) is 28.8 Å². The van der Waals surface area contributed by atoms with Gasteiger partial charge in [0.2, 0.25) is 0 Å². The van der Waals surface area contributed by atoms with E-state index in [1.807, 2.05) is 11.0 Å². The summed E-state index contributed by atoms with van der Waals surface area (Å²) in [5, 5.41) is -0.0755. The quantitative estimate of drug-likeness (QED) is 0.840. The fourth-order valence-electron chi connectivity index (χ4n) is 2.11. The number of thiocarbonyl (C=S) groups is 1. The van der Waals surface area contributed by atoms with Crippen molar-refractivity contribution in [2.75, 3.05) is 29.2 Å². The number of anilines is 1. The van der Waals surface area contributed by atoms with Crippen LogP contribution in [0.5, 0.6) is 0 Å². The van der Waals surface area contributed by atoms with Crippen molar-refractivity contribution in [1.29, 1.82) is 0 Å². The molecule has 0 bridgehead atoms. The standard InChI is InChI=1S/C12H15ClN2O2S3/c1-20(16,17)11-7-19-5-4-15(11)8-2-3-9(12(14)18)10(13)6-8/h2-3,6,11H,4-5,7H2,1H3,(H2,14,18). The largest absolute Gasteiger partial charge is 0.389 e. The van der Waals surface area contributed by atoms with Gasteiger partial charge in [0.05, 0.1) is 5.02 Å². The molecule has 0 radical (unpaired) electrons. The van der Waals surface area contributed by atoms with Gasteiger partial charge in [0.15, 0.2) is 9.84 Å². The molecule has 0 saturated carbocycles. The topological polar surface area (TPSA) is 63.4 Å². The molecule has 1 aliphatic heterocycles. The Bertz CT molecular complexity index is 634. The van der Waals surface area contributed by atoms with E-state index in [1.165, 1.54) is 6.26 Å². The number of benzene rings is 1. The molecule has 1 saturated heterocycles. The molecule has 1 fully saturated rings. The van der Waals surface area contributed by atoms with Crippen LogP contribution in [0.3, 0.4) is 0 Å². The average molecular weight is 351 g/mol. The highest BCUT2D eigenvalue weighted by atomic mass is 35.5. The van der Waals surface area contributed by atoms with Crippen LogP contribution in [0.4, 0.5) is 5.69 Å². The summed E-state index contributed by atoms with van der Waals surface area (Å²) >= 11 is 12.7. The third kappa shape index (κ3) is 3.39. The molecule has 1 aromatic rings. The summed E-state index contributed by atoms with van der Waals surface area (Å²) in [6.07, 6.45) is 1.27. The summed E-state index contributed by atoms with van der Waals surface area (Å²) in [5.41, 5.74) is 6.96. The van der Waals surface area contributed by atoms with E-state index in [0.717, 1.165) is 11.4 Å². The number of nitrogens with zero attached hydrogens (tertiary/aromatic N) is 1. The molecule has 0 amide bonds. The summed E-state index contributed by atoms with van der Waals surface area (Å²) in [4.78, 5) is 2.11. The number of thioether (sulfide) groups is 1. The van der Waals surface area contributed by atoms with Gasteiger partial charge in [-0.05, 0) is 18.2 Å². The van der Waals surface area contributed by atoms with Gasteiger partial charge >= 0.3 is 0 Å². The number of sulfone groups is 1. The van der Waals surface area contributed by atoms with Gasteiger partial charge in [-0.1, -0.05) is 23.8 Å². The van der Waals surface area contributed by atoms with Crippen molar-refractivity contribution in [2.24, 2.45) is 5.73 Å². The minimum atomic E-state index is -3.15. The molecule has 4 nitrogen and oxygen atoms in total. The van der Waals surface area contributed by atoms with E-state index in [-0.39, 0.29) is 4.99 Å². The maximum atomic E-state index is 11.9. The molecule has 1 aromatic carbocycles. The summed E-state index contributed by atoms with van der Waals surface area (Å²) in [6, 6.07) is 5.28. The van der Waals surface area contributed by atoms with Crippen LogP contribution in [0.2, 0.25) is 5.02 Å². The summed E-state index contributed by atoms with van der Waals surface area (Å²) < 4.78 is 23.8. The number of nitrogens with two attached hydrogens (primary N) is 1. The normalized spacial score (nSPS) is 19.9. The first-order valence-corrected chi connectivity index (χ1v) is 9.83. The van der Waals surface area contributed by atoms with E-state index in [9.17, 15) is 8.42 Å². The molecule has 20 heavy (non-hydrogen) atoms. The molecule has 0 aliphatic carbocycles. The van der Waals surface area contributed by atoms with Crippen LogP contribution >= 0.6 is 35.6 Å². The van der Waals surface area contributed by atoms with E-state index in [0.29, 0.717) is 22.9 Å². The van der Waals surface area contributed by atoms with Crippen LogP contribution in [0, 0.1) is 0 Å². The molecule has 2 N–H and O–H groups in total. The lowest BCUT2D eigenvalue weighted by Gasteiger charge is -2.36. The van der Waals surface area contributed by atoms with Crippen LogP contribution < -0.4 is 10.6 Å². The number of hydrogen-bond acceptors (Lipinski definition) is 5. The predicted octanol–water partition coefficient (Wildman–Crippen LogP) is 1.90. The zero-order valence-corrected chi connectivity index (χ0v) is 14.1. The molecule has 8 heteroatoms. The lowest BCUT2D eigenvalue weighted by molar-refractivity contribution is 0.584. The Balaban J connectivity index is 2.38. The van der Waals surface area contributed by atoms with E-state index in [2.05, 4.69) is 0 Å². The third-order valence-corrected chi connectivity index (χ3v) is 6.30. The van der Waals surface area contributed by atoms with E-state index >= 15 is 0 Å². The number of halogens is 1. The van der Waals surface area contributed by atoms with Gasteiger partial charge in [-0.25, -0.2) is 8.42 Å². The maximum Gasteiger partial charge on any atom is 0.169 e. The van der Waals surface area contributed by atoms with Crippen LogP contribution in [0.15, 0.2) is 18.2 Å². The van der Waals surface area contributed by atoms with Crippen molar-refractivity contribution in [3.63, 3.8) is 0 Å². The first kappa shape index (κ1) is 15.9. The summed E-state index contributed by atoms with van der Waals surface area (Å²) in [7, 11) is -3.15. The van der Waals surface area contributed by atoms with E-state index in [4.69, 9.17) is 29.6 Å². The zero-order valence-electron chi connectivity index (χ0n) is 10.9. The van der Waals surface area contributed by atoms with Crippen LogP contribution in [-0.2, 0) is 9.84 Å². The highest BCUT2D eigenvalue weighted by Crippen LogP contribution is 2.30. The van der Waals surface area contributed by atoms with Crippen molar-refractivity contribution < 1.29 is 8.42 Å². The molecule has 0 spiro atoms. The molecular formula is C12H15ClN2O2S3. The minimum Gasteiger partial charge on any atom is -0.389 e. The fraction of sp³-hybridized carbons (Fsp3) is 0.417. The van der Waals surface area contributed by atoms with Crippen molar-refractivity contribution in [1.82, 2.24) is 0 Å². The summed E-state index contributed by atoms with van der Waals surface area (Å²) in [6.45, 7) is 0.672. The van der Waals surface area contributed by atoms with Crippen molar-refractivity contribution in [3.8, 4) is 0 Å². The SMILES string of the molecule is CS(=O)(=O)C1CSCCN1c1ccc(C(N)=S)c(Cl)c1. The molecular weight excluding hydrogens is 336 g/mol. The Morgan fingerprint density at radius 2 is 2.25 bits per heavy atom. The fourth-order valence-corrected chi connectivity index (χ4v) is 5.47. The van der Waals surface area contributed by atoms with Crippen LogP contribution in [0.25, 0.3) is 0 Å². The first-order valence-electron chi connectivity index (χ1n) is 5.93. The van der Waals surface area contributed by atoms with Gasteiger partial charge in [-0.15, -0.1) is 0 Å². The smallest absolute Gasteiger partial charge is 0.169 e. The molecule has 1 atom stereocenters. The molecule has 1 heterocycles. The van der Waals surface area contributed by atoms with Crippen LogP contribution in [0.1, 0.15) is 5.56 Å². The Morgan fingerprint density at radius 3 is 2.80 bits per heavy atom. The second-order valence-electron chi connectivity index (χ2n) is 4.58. The van der Waals surface area contributed by atoms with Crippen molar-refractivity contribution in [2.45, 2.75) is 5.37 Å². The van der Waals surface area contributed by atoms with Gasteiger partial charge in [0.1, 0.15) is 10.4 Å². The Hall–Kier alpha value is -0.500. The molecule has 2 rings (SSSR count). The Labute approximate surface area is 133 Å². The number of hydrogen-bond donors (Lipinski definition) is 1. The lowest BCUT2D eigenvalue weighted by Crippen LogP contribution is -2.47. The Morgan fingerprint density at radius 1 is 1.55 bits per heavy atom. The minimum absolute atomic E-state index is 0.232. The van der Waals surface area contributed by atoms with E-state index in [1.54, 1.807) is 23.9 Å². The zero-order chi connectivity index (χ0) is 14.9.